The zero-order valence-corrected chi connectivity index (χ0v) is 9.65. The zero-order valence-electron chi connectivity index (χ0n) is 9.65. The van der Waals surface area contributed by atoms with Gasteiger partial charge in [0.25, 0.3) is 0 Å². The third kappa shape index (κ3) is 2.00. The molecule has 0 unspecified atom stereocenters. The van der Waals surface area contributed by atoms with Crippen molar-refractivity contribution in [2.75, 3.05) is 0 Å². The van der Waals surface area contributed by atoms with Gasteiger partial charge in [-0.3, -0.25) is 4.79 Å². The Labute approximate surface area is 104 Å². The Kier molecular flexibility index (Phi) is 2.61. The summed E-state index contributed by atoms with van der Waals surface area (Å²) < 4.78 is 0. The first kappa shape index (κ1) is 10.7. The molecule has 0 amide bonds. The maximum absolute atomic E-state index is 12.1. The molecule has 0 aliphatic carbocycles. The summed E-state index contributed by atoms with van der Waals surface area (Å²) in [5.41, 5.74) is 0.686. The van der Waals surface area contributed by atoms with Gasteiger partial charge in [-0.25, -0.2) is 0 Å². The quantitative estimate of drug-likeness (QED) is 0.657. The van der Waals surface area contributed by atoms with Crippen molar-refractivity contribution in [3.8, 4) is 0 Å². The van der Waals surface area contributed by atoms with Crippen LogP contribution in [0.4, 0.5) is 0 Å². The minimum absolute atomic E-state index is 0.0111. The second kappa shape index (κ2) is 4.41. The fourth-order valence-corrected chi connectivity index (χ4v) is 1.91. The molecule has 3 rings (SSSR count). The van der Waals surface area contributed by atoms with Gasteiger partial charge < -0.3 is 0 Å². The number of carbonyl (C=O) groups excluding carboxylic acids is 1. The first-order chi connectivity index (χ1) is 8.83. The molecule has 88 valence electrons. The molecular weight excluding hydrogens is 226 g/mol. The summed E-state index contributed by atoms with van der Waals surface area (Å²) in [5.74, 6) is 0.0111. The standard InChI is InChI=1S/C14H11N3O/c18-14(10-17-15-7-8-16-17)13-6-5-11-3-1-2-4-12(11)9-13/h1-9H,10H2. The van der Waals surface area contributed by atoms with Gasteiger partial charge >= 0.3 is 0 Å². The summed E-state index contributed by atoms with van der Waals surface area (Å²) in [6.07, 6.45) is 3.13. The SMILES string of the molecule is O=C(Cn1nccn1)c1ccc2ccccc2c1. The molecule has 0 spiro atoms. The molecule has 4 nitrogen and oxygen atoms in total. The Morgan fingerprint density at radius 1 is 1.00 bits per heavy atom. The Balaban J connectivity index is 1.92. The van der Waals surface area contributed by atoms with Gasteiger partial charge in [0.05, 0.1) is 12.4 Å². The largest absolute Gasteiger partial charge is 0.292 e. The zero-order chi connectivity index (χ0) is 12.4. The fourth-order valence-electron chi connectivity index (χ4n) is 1.91. The number of fused-ring (bicyclic) bond motifs is 1. The van der Waals surface area contributed by atoms with Gasteiger partial charge in [0.2, 0.25) is 0 Å². The van der Waals surface area contributed by atoms with Crippen molar-refractivity contribution in [2.24, 2.45) is 0 Å². The van der Waals surface area contributed by atoms with E-state index in [0.29, 0.717) is 5.56 Å². The highest BCUT2D eigenvalue weighted by Crippen LogP contribution is 2.16. The normalized spacial score (nSPS) is 10.7. The van der Waals surface area contributed by atoms with Crippen LogP contribution in [0.1, 0.15) is 10.4 Å². The summed E-state index contributed by atoms with van der Waals surface area (Å²) >= 11 is 0. The van der Waals surface area contributed by atoms with Crippen LogP contribution in [0.15, 0.2) is 54.9 Å². The van der Waals surface area contributed by atoms with Crippen molar-refractivity contribution in [1.82, 2.24) is 15.0 Å². The van der Waals surface area contributed by atoms with Crippen LogP contribution in [-0.4, -0.2) is 20.8 Å². The molecule has 0 saturated heterocycles. The van der Waals surface area contributed by atoms with Crippen molar-refractivity contribution in [1.29, 1.82) is 0 Å². The van der Waals surface area contributed by atoms with Crippen LogP contribution in [0, 0.1) is 0 Å². The Hall–Kier alpha value is -2.49. The highest BCUT2D eigenvalue weighted by atomic mass is 16.1. The molecule has 2 aromatic carbocycles. The lowest BCUT2D eigenvalue weighted by Crippen LogP contribution is -2.12. The molecule has 1 heterocycles. The molecule has 1 aromatic heterocycles. The Morgan fingerprint density at radius 2 is 1.72 bits per heavy atom. The van der Waals surface area contributed by atoms with E-state index in [2.05, 4.69) is 10.2 Å². The summed E-state index contributed by atoms with van der Waals surface area (Å²) in [6.45, 7) is 0.172. The van der Waals surface area contributed by atoms with Crippen LogP contribution >= 0.6 is 0 Å². The van der Waals surface area contributed by atoms with Gasteiger partial charge in [-0.05, 0) is 16.8 Å². The van der Waals surface area contributed by atoms with Gasteiger partial charge in [0.15, 0.2) is 5.78 Å². The molecule has 4 heteroatoms. The third-order valence-electron chi connectivity index (χ3n) is 2.82. The van der Waals surface area contributed by atoms with Crippen molar-refractivity contribution in [2.45, 2.75) is 6.54 Å². The smallest absolute Gasteiger partial charge is 0.186 e. The van der Waals surface area contributed by atoms with E-state index in [-0.39, 0.29) is 12.3 Å². The second-order valence-corrected chi connectivity index (χ2v) is 4.04. The van der Waals surface area contributed by atoms with E-state index in [9.17, 15) is 4.79 Å². The second-order valence-electron chi connectivity index (χ2n) is 4.04. The molecule has 0 N–H and O–H groups in total. The van der Waals surface area contributed by atoms with E-state index < -0.39 is 0 Å². The van der Waals surface area contributed by atoms with E-state index in [1.165, 1.54) is 4.80 Å². The highest BCUT2D eigenvalue weighted by molar-refractivity contribution is 5.99. The molecule has 18 heavy (non-hydrogen) atoms. The van der Waals surface area contributed by atoms with E-state index in [1.54, 1.807) is 12.4 Å². The monoisotopic (exact) mass is 237 g/mol. The average Bonchev–Trinajstić information content (AvgIpc) is 2.91. The Bertz CT molecular complexity index is 689. The summed E-state index contributed by atoms with van der Waals surface area (Å²) in [7, 11) is 0. The fraction of sp³-hybridized carbons (Fsp3) is 0.0714. The summed E-state index contributed by atoms with van der Waals surface area (Å²) in [6, 6.07) is 13.7. The molecule has 0 atom stereocenters. The first-order valence-electron chi connectivity index (χ1n) is 5.69. The molecular formula is C14H11N3O. The predicted molar refractivity (Wildman–Crippen MR) is 68.3 cm³/mol. The van der Waals surface area contributed by atoms with Gasteiger partial charge in [-0.2, -0.15) is 15.0 Å². The van der Waals surface area contributed by atoms with Gasteiger partial charge in [-0.1, -0.05) is 36.4 Å². The van der Waals surface area contributed by atoms with E-state index >= 15 is 0 Å². The first-order valence-corrected chi connectivity index (χ1v) is 5.69. The lowest BCUT2D eigenvalue weighted by Gasteiger charge is -2.03. The van der Waals surface area contributed by atoms with Crippen molar-refractivity contribution in [3.63, 3.8) is 0 Å². The third-order valence-corrected chi connectivity index (χ3v) is 2.82. The van der Waals surface area contributed by atoms with Crippen molar-refractivity contribution in [3.05, 3.63) is 60.4 Å². The lowest BCUT2D eigenvalue weighted by atomic mass is 10.0. The van der Waals surface area contributed by atoms with Crippen molar-refractivity contribution >= 4 is 16.6 Å². The van der Waals surface area contributed by atoms with E-state index in [1.807, 2.05) is 42.5 Å². The maximum Gasteiger partial charge on any atom is 0.186 e. The van der Waals surface area contributed by atoms with Gasteiger partial charge in [-0.15, -0.1) is 0 Å². The number of ketones is 1. The number of hydrogen-bond donors (Lipinski definition) is 0. The molecule has 3 aromatic rings. The minimum Gasteiger partial charge on any atom is -0.292 e. The number of hydrogen-bond acceptors (Lipinski definition) is 3. The van der Waals surface area contributed by atoms with Crippen LogP contribution in [-0.2, 0) is 6.54 Å². The molecule has 0 aliphatic heterocycles. The number of aromatic nitrogens is 3. The van der Waals surface area contributed by atoms with Crippen LogP contribution in [0.5, 0.6) is 0 Å². The topological polar surface area (TPSA) is 47.8 Å². The van der Waals surface area contributed by atoms with E-state index in [4.69, 9.17) is 0 Å². The maximum atomic E-state index is 12.1. The molecule has 0 aliphatic rings. The minimum atomic E-state index is 0.0111. The average molecular weight is 237 g/mol. The van der Waals surface area contributed by atoms with Crippen LogP contribution in [0.3, 0.4) is 0 Å². The number of Topliss-reactive ketones (excluding diaryl/α,β-unsaturated/α-hetero) is 1. The molecule has 0 fully saturated rings. The summed E-state index contributed by atoms with van der Waals surface area (Å²) in [5, 5.41) is 10.1. The Morgan fingerprint density at radius 3 is 2.50 bits per heavy atom. The van der Waals surface area contributed by atoms with Gasteiger partial charge in [0.1, 0.15) is 6.54 Å². The molecule has 0 saturated carbocycles. The lowest BCUT2D eigenvalue weighted by molar-refractivity contribution is 0.0962. The predicted octanol–water partition coefficient (Wildman–Crippen LogP) is 2.31. The molecule has 0 radical (unpaired) electrons. The number of rotatable bonds is 3. The number of nitrogens with zero attached hydrogens (tertiary/aromatic N) is 3. The van der Waals surface area contributed by atoms with E-state index in [0.717, 1.165) is 10.8 Å². The molecule has 0 bridgehead atoms. The van der Waals surface area contributed by atoms with Crippen LogP contribution in [0.25, 0.3) is 10.8 Å². The van der Waals surface area contributed by atoms with Crippen molar-refractivity contribution < 1.29 is 4.79 Å². The highest BCUT2D eigenvalue weighted by Gasteiger charge is 2.08. The van der Waals surface area contributed by atoms with Crippen LogP contribution < -0.4 is 0 Å². The number of benzene rings is 2. The van der Waals surface area contributed by atoms with Gasteiger partial charge in [0, 0.05) is 5.56 Å². The summed E-state index contributed by atoms with van der Waals surface area (Å²) in [4.78, 5) is 13.4. The van der Waals surface area contributed by atoms with Crippen LogP contribution in [0.2, 0.25) is 0 Å². The number of carbonyl (C=O) groups is 1.